The second kappa shape index (κ2) is 6.69. The summed E-state index contributed by atoms with van der Waals surface area (Å²) >= 11 is 0. The Labute approximate surface area is 174 Å². The van der Waals surface area contributed by atoms with E-state index in [9.17, 15) is 10.4 Å². The topological polar surface area (TPSA) is 113 Å². The predicted octanol–water partition coefficient (Wildman–Crippen LogP) is 1.81. The molecule has 154 valence electrons. The number of rotatable bonds is 5. The third-order valence-corrected chi connectivity index (χ3v) is 5.94. The van der Waals surface area contributed by atoms with Crippen LogP contribution >= 0.6 is 0 Å². The Hall–Kier alpha value is -3.15. The fraction of sp³-hybridized carbons (Fsp3) is 0.409. The van der Waals surface area contributed by atoms with E-state index in [4.69, 9.17) is 10.5 Å². The van der Waals surface area contributed by atoms with Gasteiger partial charge in [0.05, 0.1) is 29.1 Å². The van der Waals surface area contributed by atoms with Crippen molar-refractivity contribution in [2.24, 2.45) is 17.6 Å². The molecule has 4 heterocycles. The summed E-state index contributed by atoms with van der Waals surface area (Å²) in [4.78, 5) is 6.95. The number of ether oxygens (including phenoxy) is 1. The summed E-state index contributed by atoms with van der Waals surface area (Å²) in [7, 11) is 0. The number of pyridine rings is 2. The van der Waals surface area contributed by atoms with Crippen LogP contribution in [0.4, 0.5) is 5.82 Å². The van der Waals surface area contributed by atoms with Gasteiger partial charge in [-0.25, -0.2) is 9.50 Å². The number of aromatic nitrogens is 3. The molecule has 8 nitrogen and oxygen atoms in total. The Morgan fingerprint density at radius 3 is 2.70 bits per heavy atom. The smallest absolute Gasteiger partial charge is 0.138 e. The van der Waals surface area contributed by atoms with Crippen LogP contribution in [-0.4, -0.2) is 51.0 Å². The van der Waals surface area contributed by atoms with Crippen LogP contribution in [0.1, 0.15) is 19.4 Å². The number of nitrogens with two attached hydrogens (primary N) is 1. The first-order valence-electron chi connectivity index (χ1n) is 10.1. The van der Waals surface area contributed by atoms with Crippen LogP contribution in [0.5, 0.6) is 5.75 Å². The zero-order valence-corrected chi connectivity index (χ0v) is 17.0. The fourth-order valence-electron chi connectivity index (χ4n) is 4.23. The number of anilines is 1. The van der Waals surface area contributed by atoms with Gasteiger partial charge in [-0.3, -0.25) is 0 Å². The molecule has 0 radical (unpaired) electrons. The van der Waals surface area contributed by atoms with E-state index >= 15 is 0 Å². The summed E-state index contributed by atoms with van der Waals surface area (Å²) < 4.78 is 7.42. The van der Waals surface area contributed by atoms with Crippen LogP contribution in [0, 0.1) is 23.2 Å². The molecule has 5 rings (SSSR count). The Kier molecular flexibility index (Phi) is 4.20. The van der Waals surface area contributed by atoms with Gasteiger partial charge in [-0.1, -0.05) is 0 Å². The van der Waals surface area contributed by atoms with E-state index in [2.05, 4.69) is 21.1 Å². The van der Waals surface area contributed by atoms with Crippen LogP contribution in [-0.2, 0) is 0 Å². The maximum atomic E-state index is 9.98. The summed E-state index contributed by atoms with van der Waals surface area (Å²) in [6.45, 7) is 5.44. The summed E-state index contributed by atoms with van der Waals surface area (Å²) in [6.07, 6.45) is 5.08. The van der Waals surface area contributed by atoms with Crippen molar-refractivity contribution in [3.8, 4) is 22.9 Å². The lowest BCUT2D eigenvalue weighted by Gasteiger charge is -2.20. The molecular weight excluding hydrogens is 380 g/mol. The summed E-state index contributed by atoms with van der Waals surface area (Å²) in [6, 6.07) is 8.44. The predicted molar refractivity (Wildman–Crippen MR) is 112 cm³/mol. The average molecular weight is 404 g/mol. The standard InChI is InChI=1S/C22H24N6O2/c1-22(2,29)12-30-15-5-16(21-14(6-23)8-26-28(21)9-15)13-3-4-19(25-7-13)27-10-17-18(11-27)20(17)24/h3-5,7-9,17-18,20,29H,10-12,24H2,1-2H3. The summed E-state index contributed by atoms with van der Waals surface area (Å²) in [5.41, 5.74) is 7.95. The molecule has 2 atom stereocenters. The van der Waals surface area contributed by atoms with Crippen molar-refractivity contribution < 1.29 is 9.84 Å². The number of hydrogen-bond donors (Lipinski definition) is 2. The minimum atomic E-state index is -0.959. The van der Waals surface area contributed by atoms with Gasteiger partial charge in [-0.2, -0.15) is 10.4 Å². The van der Waals surface area contributed by atoms with Crippen molar-refractivity contribution in [2.75, 3.05) is 24.6 Å². The average Bonchev–Trinajstić information content (AvgIpc) is 3.10. The van der Waals surface area contributed by atoms with Crippen molar-refractivity contribution >= 4 is 11.3 Å². The van der Waals surface area contributed by atoms with Gasteiger partial charge < -0.3 is 20.5 Å². The van der Waals surface area contributed by atoms with Gasteiger partial charge in [-0.05, 0) is 43.9 Å². The molecule has 2 aliphatic rings. The minimum absolute atomic E-state index is 0.140. The highest BCUT2D eigenvalue weighted by atomic mass is 16.5. The molecule has 8 heteroatoms. The third kappa shape index (κ3) is 3.26. The van der Waals surface area contributed by atoms with E-state index in [0.29, 0.717) is 34.7 Å². The number of fused-ring (bicyclic) bond motifs is 2. The Morgan fingerprint density at radius 1 is 1.30 bits per heavy atom. The molecule has 1 aliphatic carbocycles. The summed E-state index contributed by atoms with van der Waals surface area (Å²) in [5.74, 6) is 2.70. The third-order valence-electron chi connectivity index (χ3n) is 5.94. The van der Waals surface area contributed by atoms with E-state index in [1.807, 2.05) is 24.4 Å². The number of aliphatic hydroxyl groups is 1. The number of nitriles is 1. The quantitative estimate of drug-likeness (QED) is 0.667. The molecule has 30 heavy (non-hydrogen) atoms. The van der Waals surface area contributed by atoms with Gasteiger partial charge in [0.25, 0.3) is 0 Å². The highest BCUT2D eigenvalue weighted by Crippen LogP contribution is 2.45. The first-order chi connectivity index (χ1) is 14.3. The van der Waals surface area contributed by atoms with Crippen LogP contribution in [0.3, 0.4) is 0 Å². The van der Waals surface area contributed by atoms with E-state index in [0.717, 1.165) is 30.0 Å². The van der Waals surface area contributed by atoms with Crippen LogP contribution in [0.25, 0.3) is 16.6 Å². The molecule has 0 spiro atoms. The lowest BCUT2D eigenvalue weighted by atomic mass is 10.1. The van der Waals surface area contributed by atoms with E-state index in [1.54, 1.807) is 30.8 Å². The molecule has 1 aliphatic heterocycles. The molecule has 3 aromatic heterocycles. The zero-order chi connectivity index (χ0) is 21.0. The number of piperidine rings is 1. The van der Waals surface area contributed by atoms with Crippen molar-refractivity contribution in [1.82, 2.24) is 14.6 Å². The van der Waals surface area contributed by atoms with Gasteiger partial charge in [0.15, 0.2) is 0 Å². The van der Waals surface area contributed by atoms with Crippen LogP contribution < -0.4 is 15.4 Å². The molecule has 0 aromatic carbocycles. The van der Waals surface area contributed by atoms with Gasteiger partial charge >= 0.3 is 0 Å². The number of nitrogens with zero attached hydrogens (tertiary/aromatic N) is 5. The molecule has 0 amide bonds. The van der Waals surface area contributed by atoms with Crippen molar-refractivity contribution in [1.29, 1.82) is 5.26 Å². The minimum Gasteiger partial charge on any atom is -0.489 e. The second-order valence-electron chi connectivity index (χ2n) is 8.87. The normalized spacial score (nSPS) is 22.8. The fourth-order valence-corrected chi connectivity index (χ4v) is 4.23. The van der Waals surface area contributed by atoms with Crippen molar-refractivity contribution in [2.45, 2.75) is 25.5 Å². The van der Waals surface area contributed by atoms with Gasteiger partial charge in [-0.15, -0.1) is 0 Å². The SMILES string of the molecule is CC(C)(O)COc1cc(-c2ccc(N3CC4C(N)C4C3)nc2)c2c(C#N)cnn2c1. The lowest BCUT2D eigenvalue weighted by molar-refractivity contribution is 0.0283. The Balaban J connectivity index is 1.49. The van der Waals surface area contributed by atoms with Gasteiger partial charge in [0.2, 0.25) is 0 Å². The molecule has 1 saturated heterocycles. The number of hydrogen-bond acceptors (Lipinski definition) is 7. The maximum absolute atomic E-state index is 9.98. The largest absolute Gasteiger partial charge is 0.489 e. The van der Waals surface area contributed by atoms with Crippen LogP contribution in [0.2, 0.25) is 0 Å². The lowest BCUT2D eigenvalue weighted by Crippen LogP contribution is -2.28. The molecule has 3 aromatic rings. The van der Waals surface area contributed by atoms with E-state index < -0.39 is 5.60 Å². The maximum Gasteiger partial charge on any atom is 0.138 e. The molecule has 0 bridgehead atoms. The summed E-state index contributed by atoms with van der Waals surface area (Å²) in [5, 5.41) is 23.8. The van der Waals surface area contributed by atoms with E-state index in [-0.39, 0.29) is 6.61 Å². The molecule has 2 fully saturated rings. The van der Waals surface area contributed by atoms with Crippen molar-refractivity contribution in [3.05, 3.63) is 42.4 Å². The van der Waals surface area contributed by atoms with Crippen molar-refractivity contribution in [3.63, 3.8) is 0 Å². The molecule has 3 N–H and O–H groups in total. The van der Waals surface area contributed by atoms with Crippen LogP contribution in [0.15, 0.2) is 36.8 Å². The Bertz CT molecular complexity index is 1130. The highest BCUT2D eigenvalue weighted by Gasteiger charge is 2.53. The molecule has 1 saturated carbocycles. The molecular formula is C22H24N6O2. The first kappa shape index (κ1) is 18.9. The second-order valence-corrected chi connectivity index (χ2v) is 8.87. The molecule has 2 unspecified atom stereocenters. The van der Waals surface area contributed by atoms with Gasteiger partial charge in [0.1, 0.15) is 24.2 Å². The van der Waals surface area contributed by atoms with E-state index in [1.165, 1.54) is 0 Å². The zero-order valence-electron chi connectivity index (χ0n) is 17.0. The highest BCUT2D eigenvalue weighted by molar-refractivity contribution is 5.85. The first-order valence-corrected chi connectivity index (χ1v) is 10.1. The Morgan fingerprint density at radius 2 is 2.07 bits per heavy atom. The van der Waals surface area contributed by atoms with Gasteiger partial charge in [0, 0.05) is 36.5 Å². The monoisotopic (exact) mass is 404 g/mol.